The van der Waals surface area contributed by atoms with Gasteiger partial charge in [0.1, 0.15) is 24.4 Å². The van der Waals surface area contributed by atoms with E-state index in [1.54, 1.807) is 0 Å². The van der Waals surface area contributed by atoms with Crippen LogP contribution in [0.1, 0.15) is 6.92 Å². The van der Waals surface area contributed by atoms with E-state index in [0.29, 0.717) is 0 Å². The molecule has 8 heteroatoms. The van der Waals surface area contributed by atoms with Crippen molar-refractivity contribution in [3.05, 3.63) is 0 Å². The van der Waals surface area contributed by atoms with Crippen LogP contribution in [0.15, 0.2) is 0 Å². The molecule has 96 valence electrons. The summed E-state index contributed by atoms with van der Waals surface area (Å²) in [6.07, 6.45) is -8.07. The third-order valence-corrected chi connectivity index (χ3v) is 2.26. The maximum Gasteiger partial charge on any atom is 0.338 e. The van der Waals surface area contributed by atoms with Crippen molar-refractivity contribution in [2.75, 3.05) is 6.61 Å². The van der Waals surface area contributed by atoms with Crippen LogP contribution in [0.25, 0.3) is 0 Å². The van der Waals surface area contributed by atoms with Crippen LogP contribution in [0.2, 0.25) is 0 Å². The molecule has 0 heterocycles. The number of aliphatic hydroxyl groups is 6. The monoisotopic (exact) mass is 240 g/mol. The van der Waals surface area contributed by atoms with Gasteiger partial charge in [0.05, 0.1) is 6.61 Å². The fourth-order valence-electron chi connectivity index (χ4n) is 0.981. The summed E-state index contributed by atoms with van der Waals surface area (Å²) in [4.78, 5) is 10.5. The van der Waals surface area contributed by atoms with Gasteiger partial charge < -0.3 is 35.7 Å². The van der Waals surface area contributed by atoms with Crippen LogP contribution in [0, 0.1) is 0 Å². The third kappa shape index (κ3) is 3.11. The molecule has 0 aromatic rings. The molecule has 0 aliphatic heterocycles. The van der Waals surface area contributed by atoms with Gasteiger partial charge in [-0.05, 0) is 6.92 Å². The zero-order valence-electron chi connectivity index (χ0n) is 8.56. The first-order valence-electron chi connectivity index (χ1n) is 4.45. The van der Waals surface area contributed by atoms with E-state index in [9.17, 15) is 25.2 Å². The molecule has 1 unspecified atom stereocenters. The summed E-state index contributed by atoms with van der Waals surface area (Å²) in [6.45, 7) is -0.165. The third-order valence-electron chi connectivity index (χ3n) is 2.26. The van der Waals surface area contributed by atoms with E-state index < -0.39 is 42.6 Å². The van der Waals surface area contributed by atoms with Crippen LogP contribution in [-0.4, -0.2) is 78.3 Å². The number of aliphatic carboxylic acids is 1. The summed E-state index contributed by atoms with van der Waals surface area (Å²) < 4.78 is 0. The van der Waals surface area contributed by atoms with Crippen LogP contribution in [0.4, 0.5) is 0 Å². The summed E-state index contributed by atoms with van der Waals surface area (Å²) in [7, 11) is 0. The van der Waals surface area contributed by atoms with Gasteiger partial charge in [0.2, 0.25) is 0 Å². The van der Waals surface area contributed by atoms with Crippen molar-refractivity contribution in [3.63, 3.8) is 0 Å². The number of hydrogen-bond donors (Lipinski definition) is 7. The standard InChI is InChI=1S/C8H16O8/c1-8(16,7(14)15)6(13)5(12)4(11)3(10)2-9/h3-6,9-13,16H,2H2,1H3,(H,14,15)/t3-,4-,5+,6-,8?/m1/s1. The average molecular weight is 240 g/mol. The van der Waals surface area contributed by atoms with Crippen molar-refractivity contribution in [2.24, 2.45) is 0 Å². The van der Waals surface area contributed by atoms with E-state index in [0.717, 1.165) is 6.92 Å². The Kier molecular flexibility index (Phi) is 5.26. The molecule has 5 atom stereocenters. The Bertz CT molecular complexity index is 240. The molecule has 8 nitrogen and oxygen atoms in total. The fraction of sp³-hybridized carbons (Fsp3) is 0.875. The Morgan fingerprint density at radius 1 is 1.19 bits per heavy atom. The zero-order chi connectivity index (χ0) is 13.1. The highest BCUT2D eigenvalue weighted by Gasteiger charge is 2.45. The molecule has 0 radical (unpaired) electrons. The van der Waals surface area contributed by atoms with E-state index in [1.807, 2.05) is 0 Å². The molecule has 0 saturated carbocycles. The highest BCUT2D eigenvalue weighted by molar-refractivity contribution is 5.77. The minimum atomic E-state index is -2.68. The van der Waals surface area contributed by atoms with Crippen LogP contribution in [0.3, 0.4) is 0 Å². The molecule has 0 aromatic heterocycles. The quantitative estimate of drug-likeness (QED) is 0.249. The second-order valence-electron chi connectivity index (χ2n) is 3.63. The van der Waals surface area contributed by atoms with Gasteiger partial charge in [-0.1, -0.05) is 0 Å². The van der Waals surface area contributed by atoms with E-state index in [-0.39, 0.29) is 0 Å². The smallest absolute Gasteiger partial charge is 0.338 e. The maximum absolute atomic E-state index is 10.5. The van der Waals surface area contributed by atoms with Gasteiger partial charge in [0, 0.05) is 0 Å². The van der Waals surface area contributed by atoms with Crippen LogP contribution >= 0.6 is 0 Å². The van der Waals surface area contributed by atoms with Gasteiger partial charge in [-0.2, -0.15) is 0 Å². The second-order valence-corrected chi connectivity index (χ2v) is 3.63. The molecule has 0 rings (SSSR count). The van der Waals surface area contributed by atoms with Crippen molar-refractivity contribution in [1.29, 1.82) is 0 Å². The van der Waals surface area contributed by atoms with E-state index in [2.05, 4.69) is 0 Å². The Morgan fingerprint density at radius 2 is 1.62 bits per heavy atom. The topological polar surface area (TPSA) is 159 Å². The molecule has 0 spiro atoms. The number of hydrogen-bond acceptors (Lipinski definition) is 7. The summed E-state index contributed by atoms with van der Waals surface area (Å²) >= 11 is 0. The normalized spacial score (nSPS) is 22.9. The minimum Gasteiger partial charge on any atom is -0.479 e. The summed E-state index contributed by atoms with van der Waals surface area (Å²) in [5.41, 5.74) is -2.68. The molecule has 0 aliphatic carbocycles. The number of carboxylic acids is 1. The molecule has 0 fully saturated rings. The van der Waals surface area contributed by atoms with Crippen molar-refractivity contribution >= 4 is 5.97 Å². The molecular weight excluding hydrogens is 224 g/mol. The predicted octanol–water partition coefficient (Wildman–Crippen LogP) is -3.74. The van der Waals surface area contributed by atoms with Crippen molar-refractivity contribution in [3.8, 4) is 0 Å². The molecular formula is C8H16O8. The van der Waals surface area contributed by atoms with Gasteiger partial charge in [-0.25, -0.2) is 4.79 Å². The number of rotatable bonds is 6. The van der Waals surface area contributed by atoms with Gasteiger partial charge in [-0.3, -0.25) is 0 Å². The van der Waals surface area contributed by atoms with Gasteiger partial charge >= 0.3 is 5.97 Å². The Morgan fingerprint density at radius 3 is 1.94 bits per heavy atom. The summed E-state index contributed by atoms with van der Waals surface area (Å²) in [5, 5.41) is 63.0. The van der Waals surface area contributed by atoms with Crippen molar-refractivity contribution in [1.82, 2.24) is 0 Å². The highest BCUT2D eigenvalue weighted by atomic mass is 16.4. The molecule has 0 aromatic carbocycles. The predicted molar refractivity (Wildman–Crippen MR) is 49.4 cm³/mol. The lowest BCUT2D eigenvalue weighted by atomic mass is 9.90. The van der Waals surface area contributed by atoms with Crippen LogP contribution < -0.4 is 0 Å². The first-order chi connectivity index (χ1) is 7.16. The summed E-state index contributed by atoms with van der Waals surface area (Å²) in [5.74, 6) is -1.80. The average Bonchev–Trinajstić information content (AvgIpc) is 2.24. The molecule has 0 aliphatic rings. The van der Waals surface area contributed by atoms with Crippen LogP contribution in [-0.2, 0) is 4.79 Å². The minimum absolute atomic E-state index is 0.723. The van der Waals surface area contributed by atoms with E-state index in [4.69, 9.17) is 15.3 Å². The molecule has 0 saturated heterocycles. The van der Waals surface area contributed by atoms with E-state index >= 15 is 0 Å². The Labute approximate surface area is 91.0 Å². The Hall–Kier alpha value is -0.770. The SMILES string of the molecule is CC(O)(C(=O)O)[C@H](O)[C@@H](O)[C@H](O)[C@H](O)CO. The molecule has 0 bridgehead atoms. The fourth-order valence-corrected chi connectivity index (χ4v) is 0.981. The molecule has 0 amide bonds. The largest absolute Gasteiger partial charge is 0.479 e. The van der Waals surface area contributed by atoms with E-state index in [1.165, 1.54) is 0 Å². The van der Waals surface area contributed by atoms with Crippen molar-refractivity contribution < 1.29 is 40.5 Å². The number of carboxylic acid groups (broad SMARTS) is 1. The number of carbonyl (C=O) groups is 1. The van der Waals surface area contributed by atoms with Gasteiger partial charge in [-0.15, -0.1) is 0 Å². The second kappa shape index (κ2) is 5.53. The molecule has 7 N–H and O–H groups in total. The van der Waals surface area contributed by atoms with Crippen LogP contribution in [0.5, 0.6) is 0 Å². The maximum atomic E-state index is 10.5. The zero-order valence-corrected chi connectivity index (χ0v) is 8.56. The Balaban J connectivity index is 4.73. The van der Waals surface area contributed by atoms with Gasteiger partial charge in [0.25, 0.3) is 0 Å². The number of aliphatic hydroxyl groups excluding tert-OH is 5. The van der Waals surface area contributed by atoms with Gasteiger partial charge in [0.15, 0.2) is 5.60 Å². The lowest BCUT2D eigenvalue weighted by Gasteiger charge is -2.32. The first-order valence-corrected chi connectivity index (χ1v) is 4.45. The first kappa shape index (κ1) is 15.2. The summed E-state index contributed by atoms with van der Waals surface area (Å²) in [6, 6.07) is 0. The lowest BCUT2D eigenvalue weighted by Crippen LogP contribution is -2.57. The highest BCUT2D eigenvalue weighted by Crippen LogP contribution is 2.17. The lowest BCUT2D eigenvalue weighted by molar-refractivity contribution is -0.191. The molecule has 16 heavy (non-hydrogen) atoms. The van der Waals surface area contributed by atoms with Crippen molar-refractivity contribution in [2.45, 2.75) is 36.9 Å².